The number of hydrogen-bond acceptors (Lipinski definition) is 3. The number of carboxylic acid groups (broad SMARTS) is 1. The summed E-state index contributed by atoms with van der Waals surface area (Å²) in [6.07, 6.45) is 5.11. The molecule has 1 amide bonds. The van der Waals surface area contributed by atoms with Crippen molar-refractivity contribution in [2.75, 3.05) is 6.54 Å². The summed E-state index contributed by atoms with van der Waals surface area (Å²) in [7, 11) is 0. The van der Waals surface area contributed by atoms with Gasteiger partial charge in [0.1, 0.15) is 6.04 Å². The topological polar surface area (TPSA) is 92.4 Å². The number of amides is 1. The SMILES string of the molecule is Cc1cccc(-c2ccc([C@H](CNC(=O)c3ccc(C[C@H](N)C(=O)O)cc3)C3CCCC3)cc2)c1. The molecule has 35 heavy (non-hydrogen) atoms. The molecule has 4 rings (SSSR count). The van der Waals surface area contributed by atoms with Crippen molar-refractivity contribution in [3.63, 3.8) is 0 Å². The zero-order valence-electron chi connectivity index (χ0n) is 20.2. The summed E-state index contributed by atoms with van der Waals surface area (Å²) in [6, 6.07) is 23.4. The lowest BCUT2D eigenvalue weighted by atomic mass is 9.84. The van der Waals surface area contributed by atoms with Gasteiger partial charge in [-0.15, -0.1) is 0 Å². The summed E-state index contributed by atoms with van der Waals surface area (Å²) in [5, 5.41) is 12.1. The number of rotatable bonds is 9. The average Bonchev–Trinajstić information content (AvgIpc) is 3.39. The van der Waals surface area contributed by atoms with Crippen LogP contribution in [0.1, 0.15) is 58.6 Å². The van der Waals surface area contributed by atoms with E-state index in [1.807, 2.05) is 0 Å². The summed E-state index contributed by atoms with van der Waals surface area (Å²) >= 11 is 0. The standard InChI is InChI=1S/C30H34N2O3/c1-20-5-4-8-26(17-20)22-13-15-24(16-14-22)27(23-6-2-3-7-23)19-32-29(33)25-11-9-21(10-12-25)18-28(31)30(34)35/h4-5,8-17,23,27-28H,2-3,6-7,18-19,31H2,1H3,(H,32,33)(H,34,35)/t27-,28+/m1/s1. The summed E-state index contributed by atoms with van der Waals surface area (Å²) in [4.78, 5) is 23.8. The van der Waals surface area contributed by atoms with Gasteiger partial charge in [0.2, 0.25) is 0 Å². The third-order valence-corrected chi connectivity index (χ3v) is 7.13. The summed E-state index contributed by atoms with van der Waals surface area (Å²) in [6.45, 7) is 2.70. The maximum absolute atomic E-state index is 12.9. The van der Waals surface area contributed by atoms with E-state index < -0.39 is 12.0 Å². The summed E-state index contributed by atoms with van der Waals surface area (Å²) in [5.74, 6) is -0.295. The maximum Gasteiger partial charge on any atom is 0.320 e. The van der Waals surface area contributed by atoms with Gasteiger partial charge in [-0.05, 0) is 66.5 Å². The van der Waals surface area contributed by atoms with Crippen LogP contribution in [0.15, 0.2) is 72.8 Å². The number of hydrogen-bond donors (Lipinski definition) is 3. The molecule has 0 spiro atoms. The Bertz CT molecular complexity index is 1150. The number of aryl methyl sites for hydroxylation is 1. The van der Waals surface area contributed by atoms with Crippen molar-refractivity contribution < 1.29 is 14.7 Å². The highest BCUT2D eigenvalue weighted by atomic mass is 16.4. The minimum Gasteiger partial charge on any atom is -0.480 e. The number of carboxylic acids is 1. The Morgan fingerprint density at radius 2 is 1.66 bits per heavy atom. The van der Waals surface area contributed by atoms with E-state index in [1.54, 1.807) is 24.3 Å². The van der Waals surface area contributed by atoms with Gasteiger partial charge in [0.05, 0.1) is 0 Å². The second-order valence-electron chi connectivity index (χ2n) is 9.70. The molecule has 2 atom stereocenters. The van der Waals surface area contributed by atoms with Crippen LogP contribution in [0.25, 0.3) is 11.1 Å². The number of benzene rings is 3. The van der Waals surface area contributed by atoms with Crippen LogP contribution in [0, 0.1) is 12.8 Å². The second kappa shape index (κ2) is 11.3. The minimum atomic E-state index is -1.03. The van der Waals surface area contributed by atoms with E-state index in [4.69, 9.17) is 10.8 Å². The Morgan fingerprint density at radius 3 is 2.29 bits per heavy atom. The third kappa shape index (κ3) is 6.37. The fraction of sp³-hybridized carbons (Fsp3) is 0.333. The van der Waals surface area contributed by atoms with E-state index in [1.165, 1.54) is 47.9 Å². The van der Waals surface area contributed by atoms with Gasteiger partial charge in [0, 0.05) is 18.0 Å². The summed E-state index contributed by atoms with van der Waals surface area (Å²) in [5.41, 5.74) is 11.9. The lowest BCUT2D eigenvalue weighted by Crippen LogP contribution is -2.32. The van der Waals surface area contributed by atoms with Crippen LogP contribution < -0.4 is 11.1 Å². The maximum atomic E-state index is 12.9. The van der Waals surface area contributed by atoms with Crippen LogP contribution in [0.2, 0.25) is 0 Å². The van der Waals surface area contributed by atoms with Crippen LogP contribution in [0.3, 0.4) is 0 Å². The van der Waals surface area contributed by atoms with Crippen molar-refractivity contribution >= 4 is 11.9 Å². The number of aliphatic carboxylic acids is 1. The molecule has 1 fully saturated rings. The molecule has 5 heteroatoms. The largest absolute Gasteiger partial charge is 0.480 e. The number of nitrogens with two attached hydrogens (primary N) is 1. The molecular formula is C30H34N2O3. The zero-order chi connectivity index (χ0) is 24.8. The molecule has 0 unspecified atom stereocenters. The monoisotopic (exact) mass is 470 g/mol. The summed E-state index contributed by atoms with van der Waals surface area (Å²) < 4.78 is 0. The van der Waals surface area contributed by atoms with E-state index in [0.717, 1.165) is 5.56 Å². The molecule has 0 radical (unpaired) electrons. The number of nitrogens with one attached hydrogen (secondary N) is 1. The molecule has 0 aliphatic heterocycles. The number of carbonyl (C=O) groups is 2. The van der Waals surface area contributed by atoms with Gasteiger partial charge in [-0.3, -0.25) is 9.59 Å². The van der Waals surface area contributed by atoms with Crippen LogP contribution in [-0.2, 0) is 11.2 Å². The Kier molecular flexibility index (Phi) is 7.98. The molecule has 1 saturated carbocycles. The molecule has 3 aromatic carbocycles. The zero-order valence-corrected chi connectivity index (χ0v) is 20.2. The van der Waals surface area contributed by atoms with E-state index >= 15 is 0 Å². The Balaban J connectivity index is 1.43. The van der Waals surface area contributed by atoms with Gasteiger partial charge in [-0.1, -0.05) is 79.1 Å². The Hall–Kier alpha value is -3.44. The van der Waals surface area contributed by atoms with Gasteiger partial charge >= 0.3 is 5.97 Å². The Morgan fingerprint density at radius 1 is 0.971 bits per heavy atom. The molecule has 0 heterocycles. The molecule has 0 saturated heterocycles. The molecule has 0 aromatic heterocycles. The van der Waals surface area contributed by atoms with E-state index in [9.17, 15) is 9.59 Å². The molecule has 4 N–H and O–H groups in total. The highest BCUT2D eigenvalue weighted by Crippen LogP contribution is 2.37. The van der Waals surface area contributed by atoms with Crippen molar-refractivity contribution in [1.29, 1.82) is 0 Å². The fourth-order valence-corrected chi connectivity index (χ4v) is 5.10. The number of carbonyl (C=O) groups excluding carboxylic acids is 1. The van der Waals surface area contributed by atoms with E-state index in [-0.39, 0.29) is 18.2 Å². The van der Waals surface area contributed by atoms with Gasteiger partial charge in [-0.2, -0.15) is 0 Å². The molecule has 5 nitrogen and oxygen atoms in total. The highest BCUT2D eigenvalue weighted by Gasteiger charge is 2.27. The van der Waals surface area contributed by atoms with E-state index in [0.29, 0.717) is 18.0 Å². The second-order valence-corrected chi connectivity index (χ2v) is 9.70. The lowest BCUT2D eigenvalue weighted by Gasteiger charge is -2.25. The fourth-order valence-electron chi connectivity index (χ4n) is 5.10. The van der Waals surface area contributed by atoms with Gasteiger partial charge < -0.3 is 16.2 Å². The molecular weight excluding hydrogens is 436 g/mol. The van der Waals surface area contributed by atoms with Crippen molar-refractivity contribution in [2.45, 2.75) is 51.0 Å². The van der Waals surface area contributed by atoms with Crippen molar-refractivity contribution in [3.8, 4) is 11.1 Å². The van der Waals surface area contributed by atoms with Crippen molar-refractivity contribution in [2.24, 2.45) is 11.7 Å². The third-order valence-electron chi connectivity index (χ3n) is 7.13. The normalized spacial score (nSPS) is 15.5. The van der Waals surface area contributed by atoms with E-state index in [2.05, 4.69) is 60.8 Å². The first-order chi connectivity index (χ1) is 16.9. The van der Waals surface area contributed by atoms with Crippen molar-refractivity contribution in [3.05, 3.63) is 95.1 Å². The molecule has 3 aromatic rings. The van der Waals surface area contributed by atoms with Crippen LogP contribution in [0.4, 0.5) is 0 Å². The first-order valence-electron chi connectivity index (χ1n) is 12.4. The minimum absolute atomic E-state index is 0.113. The quantitative estimate of drug-likeness (QED) is 0.395. The van der Waals surface area contributed by atoms with Gasteiger partial charge in [0.15, 0.2) is 0 Å². The molecule has 1 aliphatic rings. The highest BCUT2D eigenvalue weighted by molar-refractivity contribution is 5.94. The van der Waals surface area contributed by atoms with Crippen LogP contribution in [0.5, 0.6) is 0 Å². The average molecular weight is 471 g/mol. The Labute approximate surface area is 207 Å². The first-order valence-corrected chi connectivity index (χ1v) is 12.4. The molecule has 0 bridgehead atoms. The van der Waals surface area contributed by atoms with Crippen LogP contribution >= 0.6 is 0 Å². The predicted molar refractivity (Wildman–Crippen MR) is 139 cm³/mol. The lowest BCUT2D eigenvalue weighted by molar-refractivity contribution is -0.138. The molecule has 1 aliphatic carbocycles. The van der Waals surface area contributed by atoms with Crippen LogP contribution in [-0.4, -0.2) is 29.6 Å². The molecule has 182 valence electrons. The first kappa shape index (κ1) is 24.7. The predicted octanol–water partition coefficient (Wildman–Crippen LogP) is 5.32. The van der Waals surface area contributed by atoms with Gasteiger partial charge in [-0.25, -0.2) is 0 Å². The van der Waals surface area contributed by atoms with Crippen molar-refractivity contribution in [1.82, 2.24) is 5.32 Å². The smallest absolute Gasteiger partial charge is 0.320 e. The van der Waals surface area contributed by atoms with Gasteiger partial charge in [0.25, 0.3) is 5.91 Å².